The lowest BCUT2D eigenvalue weighted by molar-refractivity contribution is -0.138. The fourth-order valence-corrected chi connectivity index (χ4v) is 1.74. The maximum Gasteiger partial charge on any atom is 0.320 e. The molecule has 0 radical (unpaired) electrons. The molecule has 0 aliphatic carbocycles. The topological polar surface area (TPSA) is 94.0 Å². The number of hydrogen-bond acceptors (Lipinski definition) is 4. The van der Waals surface area contributed by atoms with Gasteiger partial charge in [0, 0.05) is 37.5 Å². The van der Waals surface area contributed by atoms with Crippen molar-refractivity contribution in [2.24, 2.45) is 5.73 Å². The summed E-state index contributed by atoms with van der Waals surface area (Å²) in [7, 11) is 0. The molecule has 116 valence electrons. The third kappa shape index (κ3) is 6.12. The Morgan fingerprint density at radius 3 is 2.67 bits per heavy atom. The Balaban J connectivity index is 0.00000200. The minimum absolute atomic E-state index is 0. The first-order valence-corrected chi connectivity index (χ1v) is 6.04. The van der Waals surface area contributed by atoms with E-state index in [0.717, 1.165) is 18.7 Å². The van der Waals surface area contributed by atoms with Gasteiger partial charge in [0.25, 0.3) is 0 Å². The molecule has 2 heterocycles. The van der Waals surface area contributed by atoms with Crippen molar-refractivity contribution >= 4 is 30.8 Å². The van der Waals surface area contributed by atoms with Gasteiger partial charge in [-0.3, -0.25) is 9.78 Å². The fraction of sp³-hybridized carbons (Fsp3) is 0.308. The highest BCUT2D eigenvalue weighted by atomic mass is 35.5. The number of aromatic nitrogens is 3. The third-order valence-corrected chi connectivity index (χ3v) is 2.79. The molecule has 0 amide bonds. The molecule has 3 N–H and O–H groups in total. The highest BCUT2D eigenvalue weighted by molar-refractivity contribution is 5.85. The number of carboxylic acids is 1. The van der Waals surface area contributed by atoms with Crippen LogP contribution in [0.5, 0.6) is 0 Å². The van der Waals surface area contributed by atoms with Crippen molar-refractivity contribution in [3.63, 3.8) is 0 Å². The molecular formula is C13H18Cl2N4O2. The molecule has 8 heteroatoms. The maximum atomic E-state index is 10.7. The van der Waals surface area contributed by atoms with E-state index in [1.54, 1.807) is 12.5 Å². The molecule has 0 bridgehead atoms. The zero-order valence-electron chi connectivity index (χ0n) is 11.3. The van der Waals surface area contributed by atoms with E-state index in [1.165, 1.54) is 0 Å². The number of pyridine rings is 1. The van der Waals surface area contributed by atoms with Crippen LogP contribution in [0, 0.1) is 0 Å². The second kappa shape index (κ2) is 9.33. The molecule has 0 aliphatic heterocycles. The van der Waals surface area contributed by atoms with Crippen molar-refractivity contribution in [3.05, 3.63) is 48.3 Å². The average Bonchev–Trinajstić information content (AvgIpc) is 2.85. The molecule has 6 nitrogen and oxygen atoms in total. The number of rotatable bonds is 6. The molecule has 0 saturated carbocycles. The normalized spacial score (nSPS) is 11.1. The van der Waals surface area contributed by atoms with E-state index in [0.29, 0.717) is 5.69 Å². The van der Waals surface area contributed by atoms with Gasteiger partial charge in [-0.05, 0) is 12.1 Å². The lowest BCUT2D eigenvalue weighted by atomic mass is 10.2. The van der Waals surface area contributed by atoms with Crippen LogP contribution in [0.15, 0.2) is 36.9 Å². The minimum Gasteiger partial charge on any atom is -0.480 e. The van der Waals surface area contributed by atoms with E-state index in [4.69, 9.17) is 10.8 Å². The van der Waals surface area contributed by atoms with Gasteiger partial charge in [0.1, 0.15) is 6.04 Å². The first-order valence-electron chi connectivity index (χ1n) is 6.04. The number of halogens is 2. The monoisotopic (exact) mass is 332 g/mol. The number of hydrogen-bond donors (Lipinski definition) is 2. The highest BCUT2D eigenvalue weighted by Crippen LogP contribution is 2.03. The summed E-state index contributed by atoms with van der Waals surface area (Å²) in [4.78, 5) is 19.0. The largest absolute Gasteiger partial charge is 0.480 e. The standard InChI is InChI=1S/C13H16N4O2.2ClH/c14-12(13(18)19)7-11-8-17(9-16-11)6-4-10-3-1-2-5-15-10;;/h1-3,5,8-9,12H,4,6-7,14H2,(H,18,19);2*1H/t12-;;/m0../s1. The molecule has 0 aromatic carbocycles. The second-order valence-corrected chi connectivity index (χ2v) is 4.32. The van der Waals surface area contributed by atoms with E-state index in [-0.39, 0.29) is 31.2 Å². The molecular weight excluding hydrogens is 315 g/mol. The van der Waals surface area contributed by atoms with Gasteiger partial charge in [0.05, 0.1) is 12.0 Å². The zero-order valence-corrected chi connectivity index (χ0v) is 12.9. The number of aryl methyl sites for hydroxylation is 2. The van der Waals surface area contributed by atoms with Gasteiger partial charge < -0.3 is 15.4 Å². The number of nitrogens with two attached hydrogens (primary N) is 1. The Kier molecular flexibility index (Phi) is 8.61. The van der Waals surface area contributed by atoms with Gasteiger partial charge in [-0.15, -0.1) is 24.8 Å². The van der Waals surface area contributed by atoms with E-state index < -0.39 is 12.0 Å². The predicted octanol–water partition coefficient (Wildman–Crippen LogP) is 1.32. The first kappa shape index (κ1) is 19.4. The summed E-state index contributed by atoms with van der Waals surface area (Å²) < 4.78 is 1.92. The summed E-state index contributed by atoms with van der Waals surface area (Å²) in [6.45, 7) is 0.756. The van der Waals surface area contributed by atoms with E-state index in [1.807, 2.05) is 29.0 Å². The molecule has 0 saturated heterocycles. The SMILES string of the molecule is Cl.Cl.N[C@@H](Cc1cn(CCc2ccccn2)cn1)C(=O)O. The Hall–Kier alpha value is -1.63. The lowest BCUT2D eigenvalue weighted by Gasteiger charge is -2.03. The van der Waals surface area contributed by atoms with E-state index in [2.05, 4.69) is 9.97 Å². The molecule has 0 spiro atoms. The molecule has 21 heavy (non-hydrogen) atoms. The number of carboxylic acid groups (broad SMARTS) is 1. The predicted molar refractivity (Wildman–Crippen MR) is 84.0 cm³/mol. The van der Waals surface area contributed by atoms with Crippen molar-refractivity contribution in [2.75, 3.05) is 0 Å². The van der Waals surface area contributed by atoms with Crippen molar-refractivity contribution < 1.29 is 9.90 Å². The Morgan fingerprint density at radius 2 is 2.05 bits per heavy atom. The third-order valence-electron chi connectivity index (χ3n) is 2.79. The van der Waals surface area contributed by atoms with Crippen molar-refractivity contribution in [1.29, 1.82) is 0 Å². The number of nitrogens with zero attached hydrogens (tertiary/aromatic N) is 3. The van der Waals surface area contributed by atoms with Crippen LogP contribution >= 0.6 is 24.8 Å². The summed E-state index contributed by atoms with van der Waals surface area (Å²) >= 11 is 0. The molecule has 0 fully saturated rings. The molecule has 2 aromatic heterocycles. The van der Waals surface area contributed by atoms with Crippen LogP contribution in [0.4, 0.5) is 0 Å². The first-order chi connectivity index (χ1) is 9.15. The molecule has 2 rings (SSSR count). The van der Waals surface area contributed by atoms with Crippen molar-refractivity contribution in [2.45, 2.75) is 25.4 Å². The maximum absolute atomic E-state index is 10.7. The van der Waals surface area contributed by atoms with Crippen molar-refractivity contribution in [1.82, 2.24) is 14.5 Å². The number of carbonyl (C=O) groups is 1. The highest BCUT2D eigenvalue weighted by Gasteiger charge is 2.13. The summed E-state index contributed by atoms with van der Waals surface area (Å²) in [6.07, 6.45) is 6.33. The average molecular weight is 333 g/mol. The smallest absolute Gasteiger partial charge is 0.320 e. The Morgan fingerprint density at radius 1 is 1.29 bits per heavy atom. The quantitative estimate of drug-likeness (QED) is 0.831. The molecule has 2 aromatic rings. The van der Waals surface area contributed by atoms with Gasteiger partial charge in [-0.25, -0.2) is 4.98 Å². The van der Waals surface area contributed by atoms with E-state index in [9.17, 15) is 4.79 Å². The molecule has 0 aliphatic rings. The van der Waals surface area contributed by atoms with Crippen LogP contribution in [-0.4, -0.2) is 31.7 Å². The van der Waals surface area contributed by atoms with Crippen LogP contribution in [0.3, 0.4) is 0 Å². The van der Waals surface area contributed by atoms with Crippen molar-refractivity contribution in [3.8, 4) is 0 Å². The Bertz CT molecular complexity index is 548. The van der Waals surface area contributed by atoms with Gasteiger partial charge in [-0.2, -0.15) is 0 Å². The van der Waals surface area contributed by atoms with Gasteiger partial charge in [0.15, 0.2) is 0 Å². The van der Waals surface area contributed by atoms with E-state index >= 15 is 0 Å². The molecule has 1 atom stereocenters. The summed E-state index contributed by atoms with van der Waals surface area (Å²) in [5.74, 6) is -1.01. The lowest BCUT2D eigenvalue weighted by Crippen LogP contribution is -2.32. The Labute approximate surface area is 135 Å². The van der Waals surface area contributed by atoms with Gasteiger partial charge in [-0.1, -0.05) is 6.07 Å². The van der Waals surface area contributed by atoms with Crippen LogP contribution in [0.2, 0.25) is 0 Å². The van der Waals surface area contributed by atoms with Gasteiger partial charge >= 0.3 is 5.97 Å². The summed E-state index contributed by atoms with van der Waals surface area (Å²) in [5.41, 5.74) is 7.17. The summed E-state index contributed by atoms with van der Waals surface area (Å²) in [6, 6.07) is 4.90. The minimum atomic E-state index is -1.01. The number of imidazole rings is 1. The molecule has 0 unspecified atom stereocenters. The van der Waals surface area contributed by atoms with Crippen LogP contribution in [0.25, 0.3) is 0 Å². The van der Waals surface area contributed by atoms with Crippen LogP contribution in [0.1, 0.15) is 11.4 Å². The zero-order chi connectivity index (χ0) is 13.7. The number of aliphatic carboxylic acids is 1. The second-order valence-electron chi connectivity index (χ2n) is 4.32. The van der Waals surface area contributed by atoms with Crippen LogP contribution in [-0.2, 0) is 24.2 Å². The van der Waals surface area contributed by atoms with Crippen LogP contribution < -0.4 is 5.73 Å². The summed E-state index contributed by atoms with van der Waals surface area (Å²) in [5, 5.41) is 8.73. The van der Waals surface area contributed by atoms with Gasteiger partial charge in [0.2, 0.25) is 0 Å². The fourth-order valence-electron chi connectivity index (χ4n) is 1.74.